The van der Waals surface area contributed by atoms with E-state index in [-0.39, 0.29) is 2.85 Å². The van der Waals surface area contributed by atoms with Gasteiger partial charge in [0.05, 0.1) is 5.52 Å². The largest absolute Gasteiger partial charge is 0.362 e. The number of anilines is 1. The van der Waals surface area contributed by atoms with Crippen molar-refractivity contribution in [2.75, 3.05) is 25.5 Å². The third-order valence-electron chi connectivity index (χ3n) is 6.72. The average Bonchev–Trinajstić information content (AvgIpc) is 3.32. The highest BCUT2D eigenvalue weighted by molar-refractivity contribution is 5.89. The predicted molar refractivity (Wildman–Crippen MR) is 148 cm³/mol. The van der Waals surface area contributed by atoms with Gasteiger partial charge in [-0.2, -0.15) is 0 Å². The van der Waals surface area contributed by atoms with Crippen LogP contribution >= 0.6 is 0 Å². The van der Waals surface area contributed by atoms with Gasteiger partial charge in [-0.05, 0) is 92.3 Å². The van der Waals surface area contributed by atoms with E-state index in [0.29, 0.717) is 0 Å². The van der Waals surface area contributed by atoms with Crippen molar-refractivity contribution < 1.29 is 2.85 Å². The summed E-state index contributed by atoms with van der Waals surface area (Å²) in [5.41, 5.74) is 3.59. The summed E-state index contributed by atoms with van der Waals surface area (Å²) in [5, 5.41) is 6.03. The summed E-state index contributed by atoms with van der Waals surface area (Å²) in [6, 6.07) is 16.8. The van der Waals surface area contributed by atoms with Crippen molar-refractivity contribution in [1.82, 2.24) is 20.3 Å². The molecule has 4 aromatic rings. The van der Waals surface area contributed by atoms with Crippen LogP contribution in [0.5, 0.6) is 0 Å². The van der Waals surface area contributed by atoms with E-state index in [1.54, 1.807) is 0 Å². The Morgan fingerprint density at radius 3 is 2.65 bits per heavy atom. The van der Waals surface area contributed by atoms with Crippen LogP contribution in [-0.2, 0) is 6.54 Å². The average molecular weight is 460 g/mol. The molecule has 0 saturated heterocycles. The number of allylic oxidation sites excluding steroid dienone is 1. The molecular weight excluding hydrogens is 418 g/mol. The van der Waals surface area contributed by atoms with Crippen molar-refractivity contribution >= 4 is 27.6 Å². The Hall–Kier alpha value is -3.18. The Kier molecular flexibility index (Phi) is 7.96. The van der Waals surface area contributed by atoms with E-state index in [1.807, 2.05) is 56.4 Å². The van der Waals surface area contributed by atoms with Crippen LogP contribution < -0.4 is 10.2 Å². The van der Waals surface area contributed by atoms with E-state index >= 15 is 0 Å². The molecule has 182 valence electrons. The summed E-state index contributed by atoms with van der Waals surface area (Å²) >= 11 is 0. The molecule has 1 saturated carbocycles. The minimum absolute atomic E-state index is 0. The SMILES string of the molecule is C=CC1CCC(CNCc2ccc3[nH]ccc3c2)CC1.Cc1nc(N(C)C)c2ccccc2n1.[HH].[HH]. The number of benzene rings is 2. The lowest BCUT2D eigenvalue weighted by Crippen LogP contribution is -2.25. The van der Waals surface area contributed by atoms with Crippen LogP contribution in [0.1, 0.15) is 39.9 Å². The maximum Gasteiger partial charge on any atom is 0.139 e. The minimum Gasteiger partial charge on any atom is -0.362 e. The van der Waals surface area contributed by atoms with Gasteiger partial charge in [-0.3, -0.25) is 0 Å². The smallest absolute Gasteiger partial charge is 0.139 e. The van der Waals surface area contributed by atoms with Gasteiger partial charge in [-0.1, -0.05) is 24.3 Å². The summed E-state index contributed by atoms with van der Waals surface area (Å²) < 4.78 is 0. The molecule has 0 unspecified atom stereocenters. The standard InChI is InChI=1S/C18H24N2.C11H13N3.2H2/c1-2-14-3-5-15(6-4-14)12-19-13-16-7-8-18-17(11-16)9-10-20-18;1-8-12-10-7-5-4-6-9(10)11(13-8)14(2)3;;/h2,7-11,14-15,19-20H,1,3-6,12-13H2;4-7H,1-3H3;2*1H. The number of nitrogens with zero attached hydrogens (tertiary/aromatic N) is 3. The molecule has 0 atom stereocenters. The van der Waals surface area contributed by atoms with Gasteiger partial charge in [0.1, 0.15) is 11.6 Å². The normalized spacial score (nSPS) is 17.9. The number of para-hydroxylation sites is 1. The van der Waals surface area contributed by atoms with Crippen LogP contribution in [-0.4, -0.2) is 35.6 Å². The Bertz CT molecular complexity index is 1230. The van der Waals surface area contributed by atoms with Crippen molar-refractivity contribution in [1.29, 1.82) is 0 Å². The molecule has 1 aliphatic carbocycles. The van der Waals surface area contributed by atoms with E-state index in [0.717, 1.165) is 47.5 Å². The Balaban J connectivity index is 0.000000254. The zero-order chi connectivity index (χ0) is 23.9. The van der Waals surface area contributed by atoms with E-state index in [2.05, 4.69) is 57.2 Å². The van der Waals surface area contributed by atoms with Gasteiger partial charge in [0, 0.05) is 40.6 Å². The number of aryl methyl sites for hydroxylation is 1. The van der Waals surface area contributed by atoms with Crippen LogP contribution in [0.4, 0.5) is 5.82 Å². The molecule has 5 heteroatoms. The first kappa shape index (κ1) is 24.0. The molecule has 1 fully saturated rings. The molecule has 2 N–H and O–H groups in total. The van der Waals surface area contributed by atoms with Crippen LogP contribution in [0.15, 0.2) is 67.4 Å². The zero-order valence-corrected chi connectivity index (χ0v) is 20.7. The third-order valence-corrected chi connectivity index (χ3v) is 6.72. The maximum atomic E-state index is 4.42. The van der Waals surface area contributed by atoms with E-state index in [1.165, 1.54) is 42.1 Å². The highest BCUT2D eigenvalue weighted by Gasteiger charge is 2.18. The van der Waals surface area contributed by atoms with E-state index in [9.17, 15) is 0 Å². The van der Waals surface area contributed by atoms with Gasteiger partial charge < -0.3 is 15.2 Å². The Morgan fingerprint density at radius 2 is 1.88 bits per heavy atom. The molecule has 0 amide bonds. The van der Waals surface area contributed by atoms with Crippen LogP contribution in [0.25, 0.3) is 21.8 Å². The second-order valence-electron chi connectivity index (χ2n) is 9.55. The number of hydrogen-bond acceptors (Lipinski definition) is 4. The molecule has 2 aromatic heterocycles. The first-order valence-electron chi connectivity index (χ1n) is 12.3. The first-order valence-corrected chi connectivity index (χ1v) is 12.3. The third kappa shape index (κ3) is 6.03. The summed E-state index contributed by atoms with van der Waals surface area (Å²) in [7, 11) is 3.99. The Labute approximate surface area is 206 Å². The fourth-order valence-electron chi connectivity index (χ4n) is 4.78. The molecule has 34 heavy (non-hydrogen) atoms. The number of aromatic amines is 1. The van der Waals surface area contributed by atoms with Crippen molar-refractivity contribution in [3.63, 3.8) is 0 Å². The highest BCUT2D eigenvalue weighted by atomic mass is 15.1. The van der Waals surface area contributed by atoms with Gasteiger partial charge in [0.25, 0.3) is 0 Å². The number of fused-ring (bicyclic) bond motifs is 2. The van der Waals surface area contributed by atoms with E-state index in [4.69, 9.17) is 0 Å². The summed E-state index contributed by atoms with van der Waals surface area (Å²) in [4.78, 5) is 14.0. The summed E-state index contributed by atoms with van der Waals surface area (Å²) in [6.45, 7) is 7.95. The molecule has 0 aliphatic heterocycles. The van der Waals surface area contributed by atoms with Crippen LogP contribution in [0.3, 0.4) is 0 Å². The monoisotopic (exact) mass is 459 g/mol. The molecule has 5 nitrogen and oxygen atoms in total. The van der Waals surface area contributed by atoms with Gasteiger partial charge >= 0.3 is 0 Å². The Morgan fingerprint density at radius 1 is 1.09 bits per heavy atom. The molecule has 0 spiro atoms. The fraction of sp³-hybridized carbons (Fsp3) is 0.379. The quantitative estimate of drug-likeness (QED) is 0.313. The first-order chi connectivity index (χ1) is 16.5. The summed E-state index contributed by atoms with van der Waals surface area (Å²) in [5.74, 6) is 3.41. The van der Waals surface area contributed by atoms with Crippen molar-refractivity contribution in [2.45, 2.75) is 39.2 Å². The van der Waals surface area contributed by atoms with Crippen LogP contribution in [0, 0.1) is 18.8 Å². The van der Waals surface area contributed by atoms with Crippen molar-refractivity contribution in [3.05, 3.63) is 78.8 Å². The topological polar surface area (TPSA) is 56.8 Å². The van der Waals surface area contributed by atoms with Gasteiger partial charge in [0.15, 0.2) is 0 Å². The van der Waals surface area contributed by atoms with Crippen molar-refractivity contribution in [3.8, 4) is 0 Å². The number of H-pyrrole nitrogens is 1. The second-order valence-corrected chi connectivity index (χ2v) is 9.55. The van der Waals surface area contributed by atoms with Gasteiger partial charge in [-0.15, -0.1) is 6.58 Å². The maximum absolute atomic E-state index is 4.42. The molecule has 1 aliphatic rings. The molecule has 2 aromatic carbocycles. The van der Waals surface area contributed by atoms with Crippen molar-refractivity contribution in [2.24, 2.45) is 11.8 Å². The number of nitrogens with one attached hydrogen (secondary N) is 2. The lowest BCUT2D eigenvalue weighted by atomic mass is 9.82. The summed E-state index contributed by atoms with van der Waals surface area (Å²) in [6.07, 6.45) is 9.48. The van der Waals surface area contributed by atoms with Gasteiger partial charge in [-0.25, -0.2) is 9.97 Å². The molecular formula is C29H41N5. The highest BCUT2D eigenvalue weighted by Crippen LogP contribution is 2.29. The lowest BCUT2D eigenvalue weighted by Gasteiger charge is -2.26. The lowest BCUT2D eigenvalue weighted by molar-refractivity contribution is 0.300. The fourth-order valence-corrected chi connectivity index (χ4v) is 4.78. The number of rotatable bonds is 6. The number of aromatic nitrogens is 3. The second kappa shape index (κ2) is 11.3. The molecule has 0 bridgehead atoms. The number of hydrogen-bond donors (Lipinski definition) is 2. The molecule has 0 radical (unpaired) electrons. The van der Waals surface area contributed by atoms with E-state index < -0.39 is 0 Å². The predicted octanol–water partition coefficient (Wildman–Crippen LogP) is 6.75. The molecule has 2 heterocycles. The van der Waals surface area contributed by atoms with Crippen LogP contribution in [0.2, 0.25) is 0 Å². The zero-order valence-electron chi connectivity index (χ0n) is 20.7. The minimum atomic E-state index is 0. The molecule has 5 rings (SSSR count). The van der Waals surface area contributed by atoms with Gasteiger partial charge in [0.2, 0.25) is 0 Å².